The molecule has 2 aromatic rings. The van der Waals surface area contributed by atoms with Crippen molar-refractivity contribution >= 4 is 10.9 Å². The van der Waals surface area contributed by atoms with Crippen molar-refractivity contribution in [2.45, 2.75) is 64.7 Å². The summed E-state index contributed by atoms with van der Waals surface area (Å²) in [4.78, 5) is 0. The molecule has 1 N–H and O–H groups in total. The lowest BCUT2D eigenvalue weighted by molar-refractivity contribution is 0.574. The number of nitrogens with one attached hydrogen (secondary N) is 1. The molecule has 0 amide bonds. The maximum Gasteiger partial charge on any atom is 0.0923 e. The molecule has 0 radical (unpaired) electrons. The number of aromatic nitrogens is 2. The third-order valence-corrected chi connectivity index (χ3v) is 3.82. The lowest BCUT2D eigenvalue weighted by Crippen LogP contribution is -1.87. The Kier molecular flexibility index (Phi) is 5.93. The van der Waals surface area contributed by atoms with Crippen molar-refractivity contribution in [3.63, 3.8) is 0 Å². The van der Waals surface area contributed by atoms with Crippen LogP contribution in [0.5, 0.6) is 0 Å². The minimum absolute atomic E-state index is 1.09. The van der Waals surface area contributed by atoms with Crippen LogP contribution in [0.15, 0.2) is 24.3 Å². The molecule has 0 fully saturated rings. The Morgan fingerprint density at radius 2 is 1.58 bits per heavy atom. The van der Waals surface area contributed by atoms with E-state index in [2.05, 4.69) is 35.3 Å². The molecule has 2 rings (SSSR count). The summed E-state index contributed by atoms with van der Waals surface area (Å²) in [6, 6.07) is 8.38. The second-order valence-electron chi connectivity index (χ2n) is 5.44. The Bertz CT molecular complexity index is 473. The lowest BCUT2D eigenvalue weighted by Gasteiger charge is -2.01. The molecule has 0 saturated heterocycles. The maximum atomic E-state index is 4.34. The van der Waals surface area contributed by atoms with Crippen molar-refractivity contribution in [1.29, 1.82) is 0 Å². The molecular weight excluding hydrogens is 232 g/mol. The molecule has 2 nitrogen and oxygen atoms in total. The summed E-state index contributed by atoms with van der Waals surface area (Å²) in [5.74, 6) is 0. The van der Waals surface area contributed by atoms with Crippen molar-refractivity contribution in [2.75, 3.05) is 0 Å². The number of aryl methyl sites for hydroxylation is 1. The summed E-state index contributed by atoms with van der Waals surface area (Å²) in [6.45, 7) is 2.27. The van der Waals surface area contributed by atoms with E-state index in [9.17, 15) is 0 Å². The first-order valence-electron chi connectivity index (χ1n) is 7.84. The van der Waals surface area contributed by atoms with Gasteiger partial charge in [0.2, 0.25) is 0 Å². The van der Waals surface area contributed by atoms with Crippen LogP contribution in [0.25, 0.3) is 10.9 Å². The predicted octanol–water partition coefficient (Wildman–Crippen LogP) is 5.25. The van der Waals surface area contributed by atoms with Gasteiger partial charge in [-0.2, -0.15) is 5.10 Å². The van der Waals surface area contributed by atoms with Gasteiger partial charge in [0, 0.05) is 11.1 Å². The van der Waals surface area contributed by atoms with Gasteiger partial charge < -0.3 is 0 Å². The summed E-state index contributed by atoms with van der Waals surface area (Å²) in [7, 11) is 0. The van der Waals surface area contributed by atoms with Crippen molar-refractivity contribution in [3.05, 3.63) is 30.0 Å². The van der Waals surface area contributed by atoms with Crippen LogP contribution in [0, 0.1) is 0 Å². The average molecular weight is 258 g/mol. The van der Waals surface area contributed by atoms with Crippen LogP contribution >= 0.6 is 0 Å². The first kappa shape index (κ1) is 14.1. The quantitative estimate of drug-likeness (QED) is 0.612. The second kappa shape index (κ2) is 7.98. The normalized spacial score (nSPS) is 11.2. The minimum Gasteiger partial charge on any atom is -0.281 e. The number of fused-ring (bicyclic) bond motifs is 1. The summed E-state index contributed by atoms with van der Waals surface area (Å²) in [6.07, 6.45) is 12.1. The number of hydrogen-bond donors (Lipinski definition) is 1. The predicted molar refractivity (Wildman–Crippen MR) is 82.4 cm³/mol. The van der Waals surface area contributed by atoms with E-state index >= 15 is 0 Å². The Hall–Kier alpha value is -1.31. The first-order chi connectivity index (χ1) is 9.42. The fourth-order valence-electron chi connectivity index (χ4n) is 2.64. The molecule has 0 spiro atoms. The molecule has 2 heteroatoms. The smallest absolute Gasteiger partial charge is 0.0923 e. The average Bonchev–Trinajstić information content (AvgIpc) is 2.85. The topological polar surface area (TPSA) is 28.7 Å². The molecule has 0 aliphatic rings. The highest BCUT2D eigenvalue weighted by molar-refractivity contribution is 5.81. The van der Waals surface area contributed by atoms with Gasteiger partial charge >= 0.3 is 0 Å². The van der Waals surface area contributed by atoms with E-state index in [4.69, 9.17) is 0 Å². The van der Waals surface area contributed by atoms with Crippen LogP contribution < -0.4 is 0 Å². The number of rotatable bonds is 9. The van der Waals surface area contributed by atoms with Gasteiger partial charge in [-0.1, -0.05) is 70.1 Å². The number of aromatic amines is 1. The summed E-state index contributed by atoms with van der Waals surface area (Å²) < 4.78 is 0. The molecule has 1 aromatic heterocycles. The number of benzene rings is 1. The molecule has 19 heavy (non-hydrogen) atoms. The molecule has 0 atom stereocenters. The number of nitrogens with zero attached hydrogens (tertiary/aromatic N) is 1. The highest BCUT2D eigenvalue weighted by Gasteiger charge is 2.03. The van der Waals surface area contributed by atoms with Gasteiger partial charge in [-0.15, -0.1) is 0 Å². The summed E-state index contributed by atoms with van der Waals surface area (Å²) in [5.41, 5.74) is 2.40. The van der Waals surface area contributed by atoms with Crippen LogP contribution in [0.4, 0.5) is 0 Å². The number of hydrogen-bond acceptors (Lipinski definition) is 1. The monoisotopic (exact) mass is 258 g/mol. The summed E-state index contributed by atoms with van der Waals surface area (Å²) in [5, 5.41) is 8.82. The molecule has 0 saturated carbocycles. The number of unbranched alkanes of at least 4 members (excludes halogenated alkanes) is 7. The van der Waals surface area contributed by atoms with Crippen LogP contribution in [-0.4, -0.2) is 10.2 Å². The zero-order chi connectivity index (χ0) is 13.3. The van der Waals surface area contributed by atoms with E-state index in [0.717, 1.165) is 11.9 Å². The third kappa shape index (κ3) is 4.38. The minimum atomic E-state index is 1.09. The van der Waals surface area contributed by atoms with Crippen molar-refractivity contribution in [1.82, 2.24) is 10.2 Å². The van der Waals surface area contributed by atoms with E-state index < -0.39 is 0 Å². The van der Waals surface area contributed by atoms with Crippen molar-refractivity contribution < 1.29 is 0 Å². The fraction of sp³-hybridized carbons (Fsp3) is 0.588. The van der Waals surface area contributed by atoms with Gasteiger partial charge in [0.25, 0.3) is 0 Å². The van der Waals surface area contributed by atoms with E-state index in [-0.39, 0.29) is 0 Å². The van der Waals surface area contributed by atoms with E-state index in [1.807, 2.05) is 6.07 Å². The Labute approximate surface area is 116 Å². The van der Waals surface area contributed by atoms with E-state index in [1.165, 1.54) is 62.4 Å². The fourth-order valence-corrected chi connectivity index (χ4v) is 2.64. The highest BCUT2D eigenvalue weighted by atomic mass is 15.1. The first-order valence-corrected chi connectivity index (χ1v) is 7.84. The lowest BCUT2D eigenvalue weighted by atomic mass is 10.1. The van der Waals surface area contributed by atoms with Gasteiger partial charge in [0.05, 0.1) is 5.52 Å². The zero-order valence-electron chi connectivity index (χ0n) is 12.1. The second-order valence-corrected chi connectivity index (χ2v) is 5.44. The molecule has 104 valence electrons. The van der Waals surface area contributed by atoms with Crippen molar-refractivity contribution in [3.8, 4) is 0 Å². The molecule has 0 aliphatic heterocycles. The molecule has 1 heterocycles. The molecule has 0 unspecified atom stereocenters. The molecule has 0 aliphatic carbocycles. The van der Waals surface area contributed by atoms with Crippen LogP contribution in [0.2, 0.25) is 0 Å². The third-order valence-electron chi connectivity index (χ3n) is 3.82. The van der Waals surface area contributed by atoms with Crippen LogP contribution in [0.1, 0.15) is 64.0 Å². The van der Waals surface area contributed by atoms with E-state index in [1.54, 1.807) is 0 Å². The summed E-state index contributed by atoms with van der Waals surface area (Å²) >= 11 is 0. The molecule has 0 bridgehead atoms. The van der Waals surface area contributed by atoms with Crippen LogP contribution in [0.3, 0.4) is 0 Å². The van der Waals surface area contributed by atoms with Gasteiger partial charge in [-0.25, -0.2) is 0 Å². The molecular formula is C17H26N2. The number of H-pyrrole nitrogens is 1. The Morgan fingerprint density at radius 1 is 0.895 bits per heavy atom. The van der Waals surface area contributed by atoms with Crippen LogP contribution in [-0.2, 0) is 6.42 Å². The standard InChI is InChI=1S/C17H26N2/c1-2-3-4-5-6-7-8-9-13-16-15-12-10-11-14-17(15)19-18-16/h10-12,14H,2-9,13H2,1H3,(H,18,19). The highest BCUT2D eigenvalue weighted by Crippen LogP contribution is 2.17. The Balaban J connectivity index is 1.63. The van der Waals surface area contributed by atoms with E-state index in [0.29, 0.717) is 0 Å². The largest absolute Gasteiger partial charge is 0.281 e. The zero-order valence-corrected chi connectivity index (χ0v) is 12.1. The van der Waals surface area contributed by atoms with Gasteiger partial charge in [0.1, 0.15) is 0 Å². The van der Waals surface area contributed by atoms with Gasteiger partial charge in [-0.3, -0.25) is 5.10 Å². The van der Waals surface area contributed by atoms with Gasteiger partial charge in [-0.05, 0) is 18.9 Å². The maximum absolute atomic E-state index is 4.34. The molecule has 1 aromatic carbocycles. The number of para-hydroxylation sites is 1. The van der Waals surface area contributed by atoms with Crippen molar-refractivity contribution in [2.24, 2.45) is 0 Å². The van der Waals surface area contributed by atoms with Gasteiger partial charge in [0.15, 0.2) is 0 Å². The Morgan fingerprint density at radius 3 is 2.37 bits per heavy atom. The SMILES string of the molecule is CCCCCCCCCCc1[nH]nc2ccccc12.